The number of hydrogen-bond donors (Lipinski definition) is 2. The van der Waals surface area contributed by atoms with Gasteiger partial charge in [0.15, 0.2) is 0 Å². The lowest BCUT2D eigenvalue weighted by Gasteiger charge is -2.42. The summed E-state index contributed by atoms with van der Waals surface area (Å²) in [5, 5.41) is 19.1. The van der Waals surface area contributed by atoms with Crippen LogP contribution in [0.5, 0.6) is 5.75 Å². The number of aryl methyl sites for hydroxylation is 1. The quantitative estimate of drug-likeness (QED) is 0.348. The molecule has 1 heterocycles. The number of halogens is 3. The largest absolute Gasteiger partial charge is 0.494 e. The highest BCUT2D eigenvalue weighted by Crippen LogP contribution is 2.41. The van der Waals surface area contributed by atoms with Crippen LogP contribution < -0.4 is 4.74 Å². The maximum absolute atomic E-state index is 12.0. The number of likely N-dealkylation sites (tertiary alicyclic amines) is 1. The third kappa shape index (κ3) is 8.07. The van der Waals surface area contributed by atoms with Crippen LogP contribution in [0.25, 0.3) is 0 Å². The van der Waals surface area contributed by atoms with Gasteiger partial charge in [0.2, 0.25) is 0 Å². The first kappa shape index (κ1) is 29.2. The van der Waals surface area contributed by atoms with Crippen molar-refractivity contribution >= 4 is 5.97 Å². The van der Waals surface area contributed by atoms with Crippen LogP contribution in [-0.2, 0) is 10.4 Å². The van der Waals surface area contributed by atoms with E-state index >= 15 is 0 Å². The number of aliphatic hydroxyl groups is 1. The van der Waals surface area contributed by atoms with Crippen molar-refractivity contribution in [1.29, 1.82) is 0 Å². The molecule has 0 radical (unpaired) electrons. The molecule has 0 aromatic heterocycles. The minimum Gasteiger partial charge on any atom is -0.494 e. The van der Waals surface area contributed by atoms with E-state index in [1.54, 1.807) is 0 Å². The predicted molar refractivity (Wildman–Crippen MR) is 140 cm³/mol. The Hall–Kier alpha value is -3.36. The standard InChI is InChI=1S/C28H33NO2.C2HF3O2/c1-23-13-15-27(16-14-23)31-22-8-19-29-20-17-26(18-21-29)28(30,24-9-4-2-5-10-24)25-11-6-3-7-12-25;3-2(4,5)1(6)7/h2-7,9-16,26,30H,8,17-22H2,1H3;(H,6,7). The second-order valence-corrected chi connectivity index (χ2v) is 9.43. The van der Waals surface area contributed by atoms with Crippen molar-refractivity contribution < 1.29 is 32.9 Å². The third-order valence-corrected chi connectivity index (χ3v) is 6.76. The van der Waals surface area contributed by atoms with E-state index in [9.17, 15) is 18.3 Å². The van der Waals surface area contributed by atoms with E-state index in [2.05, 4.69) is 48.2 Å². The molecule has 0 unspecified atom stereocenters. The summed E-state index contributed by atoms with van der Waals surface area (Å²) >= 11 is 0. The van der Waals surface area contributed by atoms with E-state index in [0.29, 0.717) is 0 Å². The number of carbonyl (C=O) groups is 1. The van der Waals surface area contributed by atoms with Gasteiger partial charge in [0.1, 0.15) is 11.4 Å². The predicted octanol–water partition coefficient (Wildman–Crippen LogP) is 6.05. The summed E-state index contributed by atoms with van der Waals surface area (Å²) in [5.74, 6) is -1.61. The molecule has 0 spiro atoms. The Bertz CT molecular complexity index is 1070. The number of carboxylic acids is 1. The molecule has 3 aromatic rings. The highest BCUT2D eigenvalue weighted by Gasteiger charge is 2.41. The van der Waals surface area contributed by atoms with Crippen LogP contribution in [0.3, 0.4) is 0 Å². The molecule has 0 aliphatic carbocycles. The molecule has 1 aliphatic heterocycles. The van der Waals surface area contributed by atoms with Gasteiger partial charge in [0.25, 0.3) is 0 Å². The van der Waals surface area contributed by atoms with Gasteiger partial charge in [-0.1, -0.05) is 78.4 Å². The van der Waals surface area contributed by atoms with Gasteiger partial charge < -0.3 is 19.8 Å². The maximum atomic E-state index is 12.0. The number of nitrogens with zero attached hydrogens (tertiary/aromatic N) is 1. The molecule has 0 saturated carbocycles. The summed E-state index contributed by atoms with van der Waals surface area (Å²) < 4.78 is 37.6. The summed E-state index contributed by atoms with van der Waals surface area (Å²) in [6.07, 6.45) is -2.10. The molecule has 38 heavy (non-hydrogen) atoms. The molecule has 2 N–H and O–H groups in total. The van der Waals surface area contributed by atoms with Crippen LogP contribution in [0.1, 0.15) is 36.0 Å². The summed E-state index contributed by atoms with van der Waals surface area (Å²) in [7, 11) is 0. The maximum Gasteiger partial charge on any atom is 0.490 e. The Labute approximate surface area is 221 Å². The van der Waals surface area contributed by atoms with Crippen LogP contribution >= 0.6 is 0 Å². The number of aliphatic carboxylic acids is 1. The lowest BCUT2D eigenvalue weighted by molar-refractivity contribution is -0.192. The topological polar surface area (TPSA) is 70.0 Å². The Morgan fingerprint density at radius 3 is 1.82 bits per heavy atom. The molecular weight excluding hydrogens is 495 g/mol. The molecule has 204 valence electrons. The number of ether oxygens (including phenoxy) is 1. The molecule has 1 aliphatic rings. The minimum absolute atomic E-state index is 0.206. The van der Waals surface area contributed by atoms with Crippen LogP contribution in [0, 0.1) is 12.8 Å². The van der Waals surface area contributed by atoms with Crippen LogP contribution in [-0.4, -0.2) is 53.5 Å². The first-order valence-electron chi connectivity index (χ1n) is 12.7. The summed E-state index contributed by atoms with van der Waals surface area (Å²) in [5.41, 5.74) is 2.29. The number of hydrogen-bond acceptors (Lipinski definition) is 4. The summed E-state index contributed by atoms with van der Waals surface area (Å²) in [6.45, 7) is 5.88. The third-order valence-electron chi connectivity index (χ3n) is 6.76. The van der Waals surface area contributed by atoms with Gasteiger partial charge in [-0.3, -0.25) is 0 Å². The summed E-state index contributed by atoms with van der Waals surface area (Å²) in [4.78, 5) is 11.4. The van der Waals surface area contributed by atoms with E-state index < -0.39 is 17.7 Å². The Morgan fingerprint density at radius 1 is 0.895 bits per heavy atom. The molecule has 5 nitrogen and oxygen atoms in total. The molecular formula is C30H34F3NO4. The molecule has 3 aromatic carbocycles. The number of alkyl halides is 3. The van der Waals surface area contributed by atoms with Gasteiger partial charge >= 0.3 is 12.1 Å². The van der Waals surface area contributed by atoms with Gasteiger partial charge in [-0.2, -0.15) is 13.2 Å². The van der Waals surface area contributed by atoms with Crippen molar-refractivity contribution in [1.82, 2.24) is 4.90 Å². The highest BCUT2D eigenvalue weighted by atomic mass is 19.4. The van der Waals surface area contributed by atoms with E-state index in [1.807, 2.05) is 48.5 Å². The van der Waals surface area contributed by atoms with Crippen molar-refractivity contribution in [2.45, 2.75) is 38.0 Å². The minimum atomic E-state index is -5.08. The normalized spacial score (nSPS) is 14.9. The van der Waals surface area contributed by atoms with Crippen molar-refractivity contribution in [3.05, 3.63) is 102 Å². The molecule has 8 heteroatoms. The summed E-state index contributed by atoms with van der Waals surface area (Å²) in [6, 6.07) is 28.6. The van der Waals surface area contributed by atoms with Crippen LogP contribution in [0.2, 0.25) is 0 Å². The average Bonchev–Trinajstić information content (AvgIpc) is 2.93. The van der Waals surface area contributed by atoms with E-state index in [0.717, 1.165) is 62.4 Å². The van der Waals surface area contributed by atoms with Crippen molar-refractivity contribution in [3.8, 4) is 5.75 Å². The Morgan fingerprint density at radius 2 is 1.37 bits per heavy atom. The molecule has 0 atom stereocenters. The van der Waals surface area contributed by atoms with Crippen molar-refractivity contribution in [3.63, 3.8) is 0 Å². The van der Waals surface area contributed by atoms with Crippen LogP contribution in [0.4, 0.5) is 13.2 Å². The molecule has 1 saturated heterocycles. The molecule has 0 bridgehead atoms. The zero-order chi connectivity index (χ0) is 27.6. The lowest BCUT2D eigenvalue weighted by atomic mass is 9.72. The first-order valence-corrected chi connectivity index (χ1v) is 12.7. The molecule has 0 amide bonds. The molecule has 4 rings (SSSR count). The second kappa shape index (κ2) is 13.4. The first-order chi connectivity index (χ1) is 18.1. The number of benzene rings is 3. The fraction of sp³-hybridized carbons (Fsp3) is 0.367. The fourth-order valence-corrected chi connectivity index (χ4v) is 4.71. The van der Waals surface area contributed by atoms with Gasteiger partial charge in [-0.05, 0) is 68.5 Å². The number of rotatable bonds is 8. The second-order valence-electron chi connectivity index (χ2n) is 9.43. The zero-order valence-electron chi connectivity index (χ0n) is 21.4. The highest BCUT2D eigenvalue weighted by molar-refractivity contribution is 5.73. The fourth-order valence-electron chi connectivity index (χ4n) is 4.71. The monoisotopic (exact) mass is 529 g/mol. The average molecular weight is 530 g/mol. The lowest BCUT2D eigenvalue weighted by Crippen LogP contribution is -2.44. The smallest absolute Gasteiger partial charge is 0.490 e. The van der Waals surface area contributed by atoms with Gasteiger partial charge in [-0.15, -0.1) is 0 Å². The van der Waals surface area contributed by atoms with Crippen LogP contribution in [0.15, 0.2) is 84.9 Å². The Kier molecular flexibility index (Phi) is 10.3. The van der Waals surface area contributed by atoms with Gasteiger partial charge in [0, 0.05) is 6.54 Å². The van der Waals surface area contributed by atoms with Crippen molar-refractivity contribution in [2.24, 2.45) is 5.92 Å². The van der Waals surface area contributed by atoms with Crippen molar-refractivity contribution in [2.75, 3.05) is 26.2 Å². The Balaban J connectivity index is 0.000000505. The van der Waals surface area contributed by atoms with Gasteiger partial charge in [-0.25, -0.2) is 4.79 Å². The van der Waals surface area contributed by atoms with Gasteiger partial charge in [0.05, 0.1) is 6.61 Å². The molecule has 1 fully saturated rings. The van der Waals surface area contributed by atoms with E-state index in [1.165, 1.54) is 5.56 Å². The zero-order valence-corrected chi connectivity index (χ0v) is 21.4. The van der Waals surface area contributed by atoms with E-state index in [4.69, 9.17) is 14.6 Å². The number of carboxylic acid groups (broad SMARTS) is 1. The number of piperidine rings is 1. The SMILES string of the molecule is Cc1ccc(OCCCN2CCC(C(O)(c3ccccc3)c3ccccc3)CC2)cc1.O=C(O)C(F)(F)F. The van der Waals surface area contributed by atoms with E-state index in [-0.39, 0.29) is 5.92 Å².